The van der Waals surface area contributed by atoms with E-state index in [1.807, 2.05) is 48.5 Å². The lowest BCUT2D eigenvalue weighted by Gasteiger charge is -2.15. The normalized spacial score (nSPS) is 17.8. The summed E-state index contributed by atoms with van der Waals surface area (Å²) in [5, 5.41) is 20.7. The molecule has 1 amide bonds. The van der Waals surface area contributed by atoms with Gasteiger partial charge in [0.15, 0.2) is 9.84 Å². The molecule has 32 heavy (non-hydrogen) atoms. The summed E-state index contributed by atoms with van der Waals surface area (Å²) in [5.74, 6) is -0.312. The van der Waals surface area contributed by atoms with Crippen LogP contribution in [0.1, 0.15) is 25.3 Å². The molecule has 0 aromatic heterocycles. The Morgan fingerprint density at radius 3 is 2.25 bits per heavy atom. The zero-order chi connectivity index (χ0) is 23.3. The van der Waals surface area contributed by atoms with Gasteiger partial charge >= 0.3 is 0 Å². The van der Waals surface area contributed by atoms with Gasteiger partial charge in [0.2, 0.25) is 0 Å². The number of carbonyl (C=O) groups is 1. The van der Waals surface area contributed by atoms with Crippen molar-refractivity contribution < 1.29 is 33.1 Å². The number of rotatable bonds is 9. The zero-order valence-corrected chi connectivity index (χ0v) is 18.6. The first-order chi connectivity index (χ1) is 15.2. The highest BCUT2D eigenvalue weighted by atomic mass is 32.2. The number of amides is 1. The monoisotopic (exact) mass is 462 g/mol. The highest BCUT2D eigenvalue weighted by Gasteiger charge is 2.35. The molecule has 3 atom stereocenters. The first kappa shape index (κ1) is 23.7. The van der Waals surface area contributed by atoms with Crippen molar-refractivity contribution in [3.05, 3.63) is 54.1 Å². The molecule has 3 N–H and O–H groups in total. The van der Waals surface area contributed by atoms with E-state index in [9.17, 15) is 18.3 Å². The van der Waals surface area contributed by atoms with Gasteiger partial charge in [-0.2, -0.15) is 0 Å². The lowest BCUT2D eigenvalue weighted by molar-refractivity contribution is -0.129. The summed E-state index contributed by atoms with van der Waals surface area (Å²) in [5.41, 5.74) is 4.86. The maximum atomic E-state index is 11.8. The zero-order valence-electron chi connectivity index (χ0n) is 17.8. The maximum Gasteiger partial charge on any atom is 0.261 e. The van der Waals surface area contributed by atoms with E-state index in [0.717, 1.165) is 22.9 Å². The third-order valence-corrected chi connectivity index (χ3v) is 6.47. The number of carbonyl (C=O) groups excluding carboxylic acids is 1. The number of benzene rings is 2. The van der Waals surface area contributed by atoms with E-state index < -0.39 is 33.2 Å². The molecule has 0 saturated heterocycles. The Labute approximate surface area is 186 Å². The van der Waals surface area contributed by atoms with Gasteiger partial charge in [-0.3, -0.25) is 10.0 Å². The van der Waals surface area contributed by atoms with Crippen molar-refractivity contribution in [2.45, 2.75) is 37.2 Å². The molecule has 2 aromatic carbocycles. The van der Waals surface area contributed by atoms with Crippen LogP contribution in [0.5, 0.6) is 5.75 Å². The quantitative estimate of drug-likeness (QED) is 0.383. The van der Waals surface area contributed by atoms with Crippen molar-refractivity contribution in [2.24, 2.45) is 5.16 Å². The molecule has 0 aliphatic carbocycles. The van der Waals surface area contributed by atoms with Crippen molar-refractivity contribution in [2.75, 3.05) is 12.9 Å². The smallest absolute Gasteiger partial charge is 0.261 e. The molecule has 0 saturated carbocycles. The van der Waals surface area contributed by atoms with E-state index >= 15 is 0 Å². The summed E-state index contributed by atoms with van der Waals surface area (Å²) < 4.78 is 29.2. The van der Waals surface area contributed by atoms with Crippen LogP contribution >= 0.6 is 0 Å². The summed E-state index contributed by atoms with van der Waals surface area (Å²) in [6, 6.07) is 15.2. The lowest BCUT2D eigenvalue weighted by Crippen LogP contribution is -2.40. The van der Waals surface area contributed by atoms with Crippen molar-refractivity contribution in [1.82, 2.24) is 5.48 Å². The topological polar surface area (TPSA) is 135 Å². The number of hydrogen-bond acceptors (Lipinski definition) is 8. The number of hydrogen-bond donors (Lipinski definition) is 3. The Hall–Kier alpha value is -2.95. The largest absolute Gasteiger partial charge is 0.491 e. The fourth-order valence-corrected chi connectivity index (χ4v) is 4.33. The van der Waals surface area contributed by atoms with Gasteiger partial charge in [0.1, 0.15) is 23.7 Å². The van der Waals surface area contributed by atoms with Gasteiger partial charge in [0.25, 0.3) is 5.91 Å². The molecule has 1 unspecified atom stereocenters. The summed E-state index contributed by atoms with van der Waals surface area (Å²) in [7, 11) is -3.72. The van der Waals surface area contributed by atoms with Crippen LogP contribution in [-0.2, 0) is 19.5 Å². The Balaban J connectivity index is 1.62. The minimum absolute atomic E-state index is 0.111. The summed E-state index contributed by atoms with van der Waals surface area (Å²) in [6.07, 6.45) is 0.0529. The molecule has 0 spiro atoms. The number of hydroxylamine groups is 1. The van der Waals surface area contributed by atoms with Crippen molar-refractivity contribution >= 4 is 21.5 Å². The minimum Gasteiger partial charge on any atom is -0.491 e. The molecular formula is C22H26N2O7S. The van der Waals surface area contributed by atoms with Gasteiger partial charge < -0.3 is 14.7 Å². The van der Waals surface area contributed by atoms with Crippen LogP contribution in [0.15, 0.2) is 53.7 Å². The van der Waals surface area contributed by atoms with Crippen LogP contribution < -0.4 is 10.2 Å². The highest BCUT2D eigenvalue weighted by molar-refractivity contribution is 7.92. The van der Waals surface area contributed by atoms with Crippen molar-refractivity contribution in [3.63, 3.8) is 0 Å². The molecule has 0 bridgehead atoms. The number of nitrogens with zero attached hydrogens (tertiary/aromatic N) is 1. The van der Waals surface area contributed by atoms with Crippen molar-refractivity contribution in [3.8, 4) is 16.9 Å². The molecule has 1 aliphatic heterocycles. The van der Waals surface area contributed by atoms with Gasteiger partial charge in [-0.1, -0.05) is 41.6 Å². The third kappa shape index (κ3) is 6.06. The molecular weight excluding hydrogens is 436 g/mol. The Kier molecular flexibility index (Phi) is 7.49. The molecule has 1 heterocycles. The molecule has 0 fully saturated rings. The maximum absolute atomic E-state index is 11.8. The fraction of sp³-hybridized carbons (Fsp3) is 0.364. The molecule has 0 radical (unpaired) electrons. The van der Waals surface area contributed by atoms with Gasteiger partial charge in [0, 0.05) is 19.1 Å². The number of sulfone groups is 1. The number of oxime groups is 1. The highest BCUT2D eigenvalue weighted by Crippen LogP contribution is 2.26. The lowest BCUT2D eigenvalue weighted by atomic mass is 9.99. The first-order valence-corrected chi connectivity index (χ1v) is 12.0. The van der Waals surface area contributed by atoms with E-state index in [4.69, 9.17) is 14.8 Å². The fourth-order valence-electron chi connectivity index (χ4n) is 3.33. The Morgan fingerprint density at radius 1 is 1.16 bits per heavy atom. The average Bonchev–Trinajstić information content (AvgIpc) is 3.24. The molecule has 1 aliphatic rings. The van der Waals surface area contributed by atoms with Crippen LogP contribution in [0, 0.1) is 0 Å². The second kappa shape index (κ2) is 10.1. The molecule has 2 aromatic rings. The van der Waals surface area contributed by atoms with E-state index in [0.29, 0.717) is 17.9 Å². The average molecular weight is 463 g/mol. The van der Waals surface area contributed by atoms with Gasteiger partial charge in [-0.15, -0.1) is 0 Å². The molecule has 9 nitrogen and oxygen atoms in total. The minimum atomic E-state index is -3.72. The first-order valence-electron chi connectivity index (χ1n) is 10.0. The van der Waals surface area contributed by atoms with Crippen LogP contribution in [0.3, 0.4) is 0 Å². The Bertz CT molecular complexity index is 1060. The SMILES string of the molecule is C[C@@H](O)COc1ccc(-c2ccc(C3=NO[C@@H](CC(C(=O)NO)S(C)(=O)=O)C3)cc2)cc1. The van der Waals surface area contributed by atoms with E-state index in [1.54, 1.807) is 6.92 Å². The second-order valence-electron chi connectivity index (χ2n) is 7.76. The predicted octanol–water partition coefficient (Wildman–Crippen LogP) is 1.91. The summed E-state index contributed by atoms with van der Waals surface area (Å²) in [4.78, 5) is 17.0. The van der Waals surface area contributed by atoms with E-state index in [1.165, 1.54) is 5.48 Å². The predicted molar refractivity (Wildman–Crippen MR) is 118 cm³/mol. The number of aliphatic hydroxyl groups is 1. The van der Waals surface area contributed by atoms with Crippen LogP contribution in [-0.4, -0.2) is 60.7 Å². The number of nitrogens with one attached hydrogen (secondary N) is 1. The standard InChI is InChI=1S/C22H26N2O7S/c1-14(25)13-30-18-9-7-16(8-10-18)15-3-5-17(6-4-15)20-11-19(31-24-20)12-21(22(26)23-27)32(2,28)29/h3-10,14,19,21,25,27H,11-13H2,1-2H3,(H,23,26)/t14-,19-,21?/m1/s1. The number of aliphatic hydroxyl groups excluding tert-OH is 1. The van der Waals surface area contributed by atoms with Gasteiger partial charge in [-0.25, -0.2) is 13.9 Å². The molecule has 10 heteroatoms. The van der Waals surface area contributed by atoms with Gasteiger partial charge in [0.05, 0.1) is 11.8 Å². The molecule has 3 rings (SSSR count). The van der Waals surface area contributed by atoms with Crippen molar-refractivity contribution in [1.29, 1.82) is 0 Å². The van der Waals surface area contributed by atoms with Crippen LogP contribution in [0.4, 0.5) is 0 Å². The van der Waals surface area contributed by atoms with Crippen LogP contribution in [0.25, 0.3) is 11.1 Å². The Morgan fingerprint density at radius 2 is 1.72 bits per heavy atom. The number of ether oxygens (including phenoxy) is 1. The third-order valence-electron chi connectivity index (χ3n) is 5.03. The van der Waals surface area contributed by atoms with Crippen LogP contribution in [0.2, 0.25) is 0 Å². The van der Waals surface area contributed by atoms with E-state index in [2.05, 4.69) is 5.16 Å². The summed E-state index contributed by atoms with van der Waals surface area (Å²) >= 11 is 0. The van der Waals surface area contributed by atoms with E-state index in [-0.39, 0.29) is 13.0 Å². The summed E-state index contributed by atoms with van der Waals surface area (Å²) in [6.45, 7) is 1.89. The molecule has 172 valence electrons. The second-order valence-corrected chi connectivity index (χ2v) is 9.99. The van der Waals surface area contributed by atoms with Gasteiger partial charge in [-0.05, 0) is 35.7 Å².